The smallest absolute Gasteiger partial charge is 0.329 e. The molecule has 38 heavy (non-hydrogen) atoms. The molecule has 1 aromatic rings. The van der Waals surface area contributed by atoms with Gasteiger partial charge < -0.3 is 29.5 Å². The minimum absolute atomic E-state index is 0.108. The third-order valence-electron chi connectivity index (χ3n) is 5.80. The molecule has 0 aliphatic carbocycles. The molecule has 0 radical (unpaired) electrons. The Labute approximate surface area is 222 Å². The Kier molecular flexibility index (Phi) is 9.75. The summed E-state index contributed by atoms with van der Waals surface area (Å²) in [6, 6.07) is 1.07. The monoisotopic (exact) mass is 558 g/mol. The molecule has 0 spiro atoms. The summed E-state index contributed by atoms with van der Waals surface area (Å²) in [7, 11) is 0. The molecular weight excluding hydrogens is 524 g/mol. The van der Waals surface area contributed by atoms with E-state index in [2.05, 4.69) is 4.98 Å². The van der Waals surface area contributed by atoms with Crippen molar-refractivity contribution in [2.45, 2.75) is 53.0 Å². The van der Waals surface area contributed by atoms with Gasteiger partial charge in [-0.05, 0) is 41.5 Å². The van der Waals surface area contributed by atoms with E-state index in [1.54, 1.807) is 0 Å². The highest BCUT2D eigenvalue weighted by molar-refractivity contribution is 8.03. The van der Waals surface area contributed by atoms with Crippen LogP contribution in [0.15, 0.2) is 32.5 Å². The molecule has 2 heterocycles. The topological polar surface area (TPSA) is 194 Å². The van der Waals surface area contributed by atoms with Crippen molar-refractivity contribution in [2.75, 3.05) is 26.4 Å². The van der Waals surface area contributed by atoms with Crippen LogP contribution in [-0.2, 0) is 28.6 Å². The fourth-order valence-electron chi connectivity index (χ4n) is 2.75. The molecule has 2 rings (SSSR count). The van der Waals surface area contributed by atoms with Crippen LogP contribution >= 0.6 is 11.8 Å². The number of rotatable bonds is 11. The van der Waals surface area contributed by atoms with Gasteiger partial charge in [0.1, 0.15) is 12.0 Å². The van der Waals surface area contributed by atoms with Crippen molar-refractivity contribution in [2.24, 2.45) is 16.2 Å². The summed E-state index contributed by atoms with van der Waals surface area (Å²) in [6.45, 7) is 6.46. The first-order chi connectivity index (χ1) is 17.5. The normalized spacial score (nSPS) is 18.3. The average molecular weight is 559 g/mol. The number of thioether (sulfide) groups is 1. The van der Waals surface area contributed by atoms with E-state index in [9.17, 15) is 39.3 Å². The van der Waals surface area contributed by atoms with Gasteiger partial charge in [0.15, 0.2) is 11.9 Å². The zero-order valence-electron chi connectivity index (χ0n) is 22.1. The van der Waals surface area contributed by atoms with E-state index in [0.29, 0.717) is 0 Å². The van der Waals surface area contributed by atoms with E-state index in [1.807, 2.05) is 0 Å². The van der Waals surface area contributed by atoms with Gasteiger partial charge in [-0.3, -0.25) is 28.7 Å². The highest BCUT2D eigenvalue weighted by atomic mass is 32.2. The van der Waals surface area contributed by atoms with Gasteiger partial charge in [-0.15, -0.1) is 0 Å². The minimum Gasteiger partial charge on any atom is -0.460 e. The van der Waals surface area contributed by atoms with E-state index in [0.717, 1.165) is 28.6 Å². The molecule has 13 nitrogen and oxygen atoms in total. The van der Waals surface area contributed by atoms with Crippen molar-refractivity contribution in [1.29, 1.82) is 0 Å². The maximum Gasteiger partial charge on any atom is 0.329 e. The average Bonchev–Trinajstić information content (AvgIpc) is 3.18. The quantitative estimate of drug-likeness (QED) is 0.211. The van der Waals surface area contributed by atoms with Crippen LogP contribution in [0.4, 0.5) is 0 Å². The van der Waals surface area contributed by atoms with Crippen molar-refractivity contribution >= 4 is 29.7 Å². The Morgan fingerprint density at radius 2 is 1.45 bits per heavy atom. The van der Waals surface area contributed by atoms with Gasteiger partial charge in [0.2, 0.25) is 0 Å². The van der Waals surface area contributed by atoms with Gasteiger partial charge in [0.25, 0.3) is 5.56 Å². The number of carbonyl (C=O) groups excluding carboxylic acids is 3. The second kappa shape index (κ2) is 11.8. The highest BCUT2D eigenvalue weighted by Crippen LogP contribution is 2.47. The highest BCUT2D eigenvalue weighted by Gasteiger charge is 2.46. The molecule has 0 fully saturated rings. The molecule has 4 N–H and O–H groups in total. The van der Waals surface area contributed by atoms with Crippen LogP contribution in [0, 0.1) is 16.2 Å². The Bertz CT molecular complexity index is 1210. The first-order valence-electron chi connectivity index (χ1n) is 11.6. The van der Waals surface area contributed by atoms with Gasteiger partial charge in [0, 0.05) is 12.3 Å². The van der Waals surface area contributed by atoms with Crippen molar-refractivity contribution in [1.82, 2.24) is 9.55 Å². The number of nitrogens with zero attached hydrogens (tertiary/aromatic N) is 1. The molecule has 1 aliphatic heterocycles. The Hall–Kier alpha value is -2.94. The first kappa shape index (κ1) is 31.3. The van der Waals surface area contributed by atoms with Gasteiger partial charge in [-0.2, -0.15) is 0 Å². The number of aliphatic hydroxyl groups excluding tert-OH is 3. The molecule has 1 unspecified atom stereocenters. The van der Waals surface area contributed by atoms with Crippen LogP contribution in [0.2, 0.25) is 0 Å². The van der Waals surface area contributed by atoms with Crippen molar-refractivity contribution in [3.05, 3.63) is 43.8 Å². The summed E-state index contributed by atoms with van der Waals surface area (Å²) in [5.74, 6) is -2.80. The molecule has 0 bridgehead atoms. The second-order valence-corrected chi connectivity index (χ2v) is 11.9. The van der Waals surface area contributed by atoms with E-state index in [-0.39, 0.29) is 10.7 Å². The number of hydrogen-bond acceptors (Lipinski definition) is 12. The van der Waals surface area contributed by atoms with Crippen LogP contribution in [0.5, 0.6) is 0 Å². The molecule has 0 saturated carbocycles. The third kappa shape index (κ3) is 6.92. The van der Waals surface area contributed by atoms with E-state index >= 15 is 0 Å². The Balaban J connectivity index is 2.63. The van der Waals surface area contributed by atoms with Crippen LogP contribution in [0.25, 0.3) is 0 Å². The third-order valence-corrected chi connectivity index (χ3v) is 7.11. The minimum atomic E-state index is -1.44. The zero-order valence-corrected chi connectivity index (χ0v) is 22.9. The van der Waals surface area contributed by atoms with Gasteiger partial charge in [0.05, 0.1) is 41.0 Å². The molecule has 1 aliphatic rings. The predicted molar refractivity (Wildman–Crippen MR) is 135 cm³/mol. The Morgan fingerprint density at radius 3 is 1.97 bits per heavy atom. The van der Waals surface area contributed by atoms with Crippen LogP contribution < -0.4 is 11.2 Å². The predicted octanol–water partition coefficient (Wildman–Crippen LogP) is 0.0473. The maximum absolute atomic E-state index is 12.9. The molecule has 1 aromatic heterocycles. The van der Waals surface area contributed by atoms with Crippen LogP contribution in [0.1, 0.15) is 46.9 Å². The number of aliphatic hydroxyl groups is 3. The lowest BCUT2D eigenvalue weighted by Crippen LogP contribution is -2.40. The number of ether oxygens (including phenoxy) is 3. The fourth-order valence-corrected chi connectivity index (χ4v) is 4.02. The molecule has 0 saturated heterocycles. The van der Waals surface area contributed by atoms with E-state index in [1.165, 1.54) is 41.5 Å². The summed E-state index contributed by atoms with van der Waals surface area (Å²) in [5.41, 5.74) is -5.51. The van der Waals surface area contributed by atoms with E-state index in [4.69, 9.17) is 14.2 Å². The van der Waals surface area contributed by atoms with Crippen molar-refractivity contribution in [3.63, 3.8) is 0 Å². The maximum atomic E-state index is 12.9. The number of esters is 3. The number of aromatic amines is 1. The fraction of sp³-hybridized carbons (Fsp3) is 0.625. The second-order valence-electron chi connectivity index (χ2n) is 10.7. The molecular formula is C24H34N2O11S. The lowest BCUT2D eigenvalue weighted by molar-refractivity contribution is -0.167. The first-order valence-corrected chi connectivity index (χ1v) is 12.5. The molecule has 212 valence electrons. The standard InChI is InChI=1S/C24H34N2O11S/c1-22(2,10-27)18(31)35-9-13-15(36-19(32)23(3,4)11-28)16(37-20(33)24(5,6)12-29)17(38-13)26-8-7-14(30)25-21(26)34/h7-8,16-17,27-29H,9-12H2,1-6H3,(H,25,30,34)/t16?,17-/m1/s1. The number of H-pyrrole nitrogens is 1. The summed E-state index contributed by atoms with van der Waals surface area (Å²) in [4.78, 5) is 64.8. The number of carbonyl (C=O) groups is 3. The summed E-state index contributed by atoms with van der Waals surface area (Å²) in [5, 5.41) is 27.6. The summed E-state index contributed by atoms with van der Waals surface area (Å²) < 4.78 is 17.6. The molecule has 14 heteroatoms. The Morgan fingerprint density at radius 1 is 0.921 bits per heavy atom. The molecule has 0 aromatic carbocycles. The molecule has 0 amide bonds. The summed E-state index contributed by atoms with van der Waals surface area (Å²) >= 11 is 0.882. The van der Waals surface area contributed by atoms with E-state index < -0.39 is 83.3 Å². The van der Waals surface area contributed by atoms with Gasteiger partial charge in [-0.25, -0.2) is 4.79 Å². The van der Waals surface area contributed by atoms with Crippen LogP contribution in [-0.4, -0.2) is 75.3 Å². The number of aromatic nitrogens is 2. The van der Waals surface area contributed by atoms with Crippen molar-refractivity contribution < 1.29 is 43.9 Å². The number of nitrogens with one attached hydrogen (secondary N) is 1. The van der Waals surface area contributed by atoms with Crippen LogP contribution in [0.3, 0.4) is 0 Å². The molecule has 2 atom stereocenters. The van der Waals surface area contributed by atoms with Crippen molar-refractivity contribution in [3.8, 4) is 0 Å². The summed E-state index contributed by atoms with van der Waals surface area (Å²) in [6.07, 6.45) is -0.280. The van der Waals surface area contributed by atoms with Gasteiger partial charge in [-0.1, -0.05) is 11.8 Å². The SMILES string of the molecule is CC(C)(CO)C(=O)OCC1=C(OC(=O)C(C)(C)CO)C(OC(=O)C(C)(C)CO)[C@H](n2ccc(=O)[nH]c2=O)S1. The zero-order chi connectivity index (χ0) is 29.1. The largest absolute Gasteiger partial charge is 0.460 e. The number of hydrogen-bond donors (Lipinski definition) is 4. The lowest BCUT2D eigenvalue weighted by atomic mass is 9.95. The lowest BCUT2D eigenvalue weighted by Gasteiger charge is -2.28. The van der Waals surface area contributed by atoms with Gasteiger partial charge >= 0.3 is 23.6 Å².